The first-order valence-electron chi connectivity index (χ1n) is 20.8. The molecule has 6 nitrogen and oxygen atoms in total. The number of para-hydroxylation sites is 4. The molecule has 6 aromatic heterocycles. The number of aromatic nitrogens is 6. The third-order valence-electron chi connectivity index (χ3n) is 11.8. The lowest BCUT2D eigenvalue weighted by molar-refractivity contribution is 1.08. The van der Waals surface area contributed by atoms with Gasteiger partial charge in [-0.05, 0) is 96.1 Å². The predicted octanol–water partition coefficient (Wildman–Crippen LogP) is 13.8. The lowest BCUT2D eigenvalue weighted by Gasteiger charge is -2.11. The van der Waals surface area contributed by atoms with Gasteiger partial charge in [-0.15, -0.1) is 0 Å². The quantitative estimate of drug-likeness (QED) is 0.161. The Hall–Kier alpha value is -8.48. The van der Waals surface area contributed by atoms with Crippen molar-refractivity contribution < 1.29 is 0 Å². The van der Waals surface area contributed by atoms with E-state index in [1.807, 2.05) is 24.3 Å². The summed E-state index contributed by atoms with van der Waals surface area (Å²) in [5.41, 5.74) is 13.8. The van der Waals surface area contributed by atoms with Gasteiger partial charge in [0.15, 0.2) is 0 Å². The summed E-state index contributed by atoms with van der Waals surface area (Å²) >= 11 is 0. The second kappa shape index (κ2) is 14.7. The normalized spacial score (nSPS) is 11.5. The first kappa shape index (κ1) is 35.5. The summed E-state index contributed by atoms with van der Waals surface area (Å²) in [6, 6.07) is 75.8. The van der Waals surface area contributed by atoms with Crippen molar-refractivity contribution in [1.82, 2.24) is 29.1 Å². The third kappa shape index (κ3) is 6.04. The fourth-order valence-corrected chi connectivity index (χ4v) is 8.91. The number of fused-ring (bicyclic) bond motifs is 6. The van der Waals surface area contributed by atoms with E-state index in [0.717, 1.165) is 90.1 Å². The Morgan fingerprint density at radius 1 is 0.226 bits per heavy atom. The van der Waals surface area contributed by atoms with Gasteiger partial charge in [-0.1, -0.05) is 133 Å². The number of hydrogen-bond acceptors (Lipinski definition) is 4. The standard InChI is InChI=1S/C56H36N6/c1-5-29-51-41(19-1)42-20-2-6-30-52(42)61(51)55-33-13-27-49(59-55)47-25-11-23-45(57-47)39-17-9-15-37(35-39)38-16-10-18-40(36-38)46-24-12-26-48(58-46)50-28-14-34-56(60-50)62-53-31-7-3-21-43(53)44-22-4-8-32-54(44)62/h1-36H. The molecule has 0 saturated heterocycles. The maximum atomic E-state index is 5.18. The molecule has 0 fully saturated rings. The minimum Gasteiger partial charge on any atom is -0.294 e. The molecule has 0 saturated carbocycles. The van der Waals surface area contributed by atoms with Gasteiger partial charge in [0, 0.05) is 32.7 Å². The Balaban J connectivity index is 0.850. The first-order valence-corrected chi connectivity index (χ1v) is 20.8. The molecule has 12 aromatic rings. The van der Waals surface area contributed by atoms with Gasteiger partial charge in [0.1, 0.15) is 11.6 Å². The summed E-state index contributed by atoms with van der Waals surface area (Å²) in [4.78, 5) is 20.7. The average Bonchev–Trinajstić information content (AvgIpc) is 3.87. The minimum atomic E-state index is 0.818. The van der Waals surface area contributed by atoms with Crippen LogP contribution in [0.4, 0.5) is 0 Å². The molecule has 6 heteroatoms. The summed E-state index contributed by atoms with van der Waals surface area (Å²) in [5, 5.41) is 4.84. The Kier molecular flexibility index (Phi) is 8.38. The number of nitrogens with zero attached hydrogens (tertiary/aromatic N) is 6. The molecule has 12 rings (SSSR count). The van der Waals surface area contributed by atoms with Gasteiger partial charge in [-0.3, -0.25) is 9.13 Å². The van der Waals surface area contributed by atoms with E-state index in [4.69, 9.17) is 19.9 Å². The smallest absolute Gasteiger partial charge is 0.138 e. The van der Waals surface area contributed by atoms with E-state index in [1.54, 1.807) is 0 Å². The zero-order valence-corrected chi connectivity index (χ0v) is 33.5. The van der Waals surface area contributed by atoms with Crippen molar-refractivity contribution in [3.63, 3.8) is 0 Å². The number of benzene rings is 6. The molecule has 0 spiro atoms. The van der Waals surface area contributed by atoms with Crippen LogP contribution in [-0.2, 0) is 0 Å². The van der Waals surface area contributed by atoms with Gasteiger partial charge < -0.3 is 0 Å². The maximum absolute atomic E-state index is 5.18. The topological polar surface area (TPSA) is 61.4 Å². The maximum Gasteiger partial charge on any atom is 0.138 e. The van der Waals surface area contributed by atoms with E-state index in [1.165, 1.54) is 21.5 Å². The molecule has 0 unspecified atom stereocenters. The molecule has 0 aliphatic rings. The van der Waals surface area contributed by atoms with Crippen molar-refractivity contribution >= 4 is 43.6 Å². The Morgan fingerprint density at radius 3 is 0.903 bits per heavy atom. The number of rotatable bonds is 7. The van der Waals surface area contributed by atoms with Crippen LogP contribution in [-0.4, -0.2) is 29.1 Å². The molecule has 6 aromatic carbocycles. The number of pyridine rings is 4. The Labute approximate surface area is 357 Å². The molecule has 6 heterocycles. The molecule has 0 aliphatic carbocycles. The first-order chi connectivity index (χ1) is 30.7. The van der Waals surface area contributed by atoms with Crippen LogP contribution in [0.1, 0.15) is 0 Å². The molecule has 62 heavy (non-hydrogen) atoms. The van der Waals surface area contributed by atoms with Crippen molar-refractivity contribution in [1.29, 1.82) is 0 Å². The molecule has 290 valence electrons. The van der Waals surface area contributed by atoms with Crippen molar-refractivity contribution in [2.75, 3.05) is 0 Å². The van der Waals surface area contributed by atoms with Gasteiger partial charge in [0.05, 0.1) is 56.2 Å². The SMILES string of the molecule is c1cc(-c2cccc(-c3cccc(-c4cccc(-n5c6ccccc6c6ccccc65)n4)n3)c2)cc(-c2cccc(-c3cccc(-n4c5ccccc5c5ccccc54)n3)n2)c1. The van der Waals surface area contributed by atoms with Crippen LogP contribution in [0.5, 0.6) is 0 Å². The highest BCUT2D eigenvalue weighted by Gasteiger charge is 2.16. The van der Waals surface area contributed by atoms with Crippen molar-refractivity contribution in [3.8, 4) is 68.1 Å². The van der Waals surface area contributed by atoms with Gasteiger partial charge in [0.2, 0.25) is 0 Å². The van der Waals surface area contributed by atoms with Crippen LogP contribution in [0.15, 0.2) is 218 Å². The van der Waals surface area contributed by atoms with Gasteiger partial charge in [-0.2, -0.15) is 0 Å². The molecule has 0 amide bonds. The fourth-order valence-electron chi connectivity index (χ4n) is 8.91. The summed E-state index contributed by atoms with van der Waals surface area (Å²) in [6.45, 7) is 0. The summed E-state index contributed by atoms with van der Waals surface area (Å²) in [5.74, 6) is 1.72. The zero-order chi connectivity index (χ0) is 41.0. The molecular weight excluding hydrogens is 757 g/mol. The molecule has 0 N–H and O–H groups in total. The highest BCUT2D eigenvalue weighted by Crippen LogP contribution is 2.35. The second-order valence-corrected chi connectivity index (χ2v) is 15.5. The second-order valence-electron chi connectivity index (χ2n) is 15.5. The van der Waals surface area contributed by atoms with Crippen LogP contribution < -0.4 is 0 Å². The van der Waals surface area contributed by atoms with Crippen LogP contribution in [0.2, 0.25) is 0 Å². The molecule has 0 aliphatic heterocycles. The Bertz CT molecular complexity index is 3320. The monoisotopic (exact) mass is 792 g/mol. The minimum absolute atomic E-state index is 0.818. The fraction of sp³-hybridized carbons (Fsp3) is 0. The molecule has 0 atom stereocenters. The summed E-state index contributed by atoms with van der Waals surface area (Å²) in [6.07, 6.45) is 0. The summed E-state index contributed by atoms with van der Waals surface area (Å²) < 4.78 is 4.48. The van der Waals surface area contributed by atoms with E-state index in [9.17, 15) is 0 Å². The van der Waals surface area contributed by atoms with Crippen LogP contribution in [0.3, 0.4) is 0 Å². The third-order valence-corrected chi connectivity index (χ3v) is 11.8. The lowest BCUT2D eigenvalue weighted by atomic mass is 9.98. The van der Waals surface area contributed by atoms with Gasteiger partial charge in [0.25, 0.3) is 0 Å². The molecule has 0 bridgehead atoms. The van der Waals surface area contributed by atoms with Crippen molar-refractivity contribution in [2.45, 2.75) is 0 Å². The highest BCUT2D eigenvalue weighted by atomic mass is 15.1. The van der Waals surface area contributed by atoms with Crippen LogP contribution >= 0.6 is 0 Å². The largest absolute Gasteiger partial charge is 0.294 e. The van der Waals surface area contributed by atoms with Crippen molar-refractivity contribution in [3.05, 3.63) is 218 Å². The average molecular weight is 793 g/mol. The highest BCUT2D eigenvalue weighted by molar-refractivity contribution is 6.10. The number of hydrogen-bond donors (Lipinski definition) is 0. The van der Waals surface area contributed by atoms with Crippen LogP contribution in [0, 0.1) is 0 Å². The van der Waals surface area contributed by atoms with E-state index in [2.05, 4.69) is 203 Å². The van der Waals surface area contributed by atoms with Gasteiger partial charge in [-0.25, -0.2) is 19.9 Å². The van der Waals surface area contributed by atoms with Crippen LogP contribution in [0.25, 0.3) is 112 Å². The van der Waals surface area contributed by atoms with E-state index < -0.39 is 0 Å². The Morgan fingerprint density at radius 2 is 0.516 bits per heavy atom. The molecular formula is C56H36N6. The summed E-state index contributed by atoms with van der Waals surface area (Å²) in [7, 11) is 0. The predicted molar refractivity (Wildman–Crippen MR) is 253 cm³/mol. The zero-order valence-electron chi connectivity index (χ0n) is 33.5. The van der Waals surface area contributed by atoms with Gasteiger partial charge >= 0.3 is 0 Å². The van der Waals surface area contributed by atoms with E-state index in [-0.39, 0.29) is 0 Å². The van der Waals surface area contributed by atoms with E-state index in [0.29, 0.717) is 0 Å². The van der Waals surface area contributed by atoms with Crippen molar-refractivity contribution in [2.24, 2.45) is 0 Å². The molecule has 0 radical (unpaired) electrons. The lowest BCUT2D eigenvalue weighted by Crippen LogP contribution is -1.99. The van der Waals surface area contributed by atoms with E-state index >= 15 is 0 Å².